The van der Waals surface area contributed by atoms with E-state index in [1.54, 1.807) is 13.2 Å². The first-order valence-electron chi connectivity index (χ1n) is 8.43. The zero-order valence-electron chi connectivity index (χ0n) is 14.3. The second-order valence-corrected chi connectivity index (χ2v) is 6.90. The van der Waals surface area contributed by atoms with E-state index in [4.69, 9.17) is 9.47 Å². The molecule has 0 aromatic heterocycles. The first kappa shape index (κ1) is 17.2. The lowest BCUT2D eigenvalue weighted by Gasteiger charge is -2.41. The Morgan fingerprint density at radius 1 is 1.42 bits per heavy atom. The lowest BCUT2D eigenvalue weighted by atomic mass is 9.85. The van der Waals surface area contributed by atoms with Crippen molar-refractivity contribution in [3.05, 3.63) is 29.6 Å². The van der Waals surface area contributed by atoms with Crippen LogP contribution in [0, 0.1) is 18.2 Å². The molecule has 1 aromatic carbocycles. The van der Waals surface area contributed by atoms with Crippen LogP contribution < -0.4 is 10.2 Å². The van der Waals surface area contributed by atoms with Crippen molar-refractivity contribution in [2.45, 2.75) is 25.8 Å². The Bertz CT molecular complexity index is 596. The van der Waals surface area contributed by atoms with E-state index in [0.29, 0.717) is 25.5 Å². The quantitative estimate of drug-likeness (QED) is 0.892. The number of hydrogen-bond donors (Lipinski definition) is 1. The molecule has 0 radical (unpaired) electrons. The molecule has 0 aliphatic carbocycles. The number of methoxy groups -OCH3 is 1. The van der Waals surface area contributed by atoms with Crippen molar-refractivity contribution < 1.29 is 18.7 Å². The average molecular weight is 336 g/mol. The van der Waals surface area contributed by atoms with Gasteiger partial charge in [-0.1, -0.05) is 6.07 Å². The molecule has 2 aliphatic heterocycles. The van der Waals surface area contributed by atoms with Crippen LogP contribution in [0.15, 0.2) is 18.2 Å². The Morgan fingerprint density at radius 3 is 2.71 bits per heavy atom. The number of carbonyl (C=O) groups is 1. The minimum Gasteiger partial charge on any atom is -0.383 e. The predicted molar refractivity (Wildman–Crippen MR) is 89.6 cm³/mol. The van der Waals surface area contributed by atoms with Crippen LogP contribution in [-0.4, -0.2) is 52.0 Å². The minimum atomic E-state index is -0.533. The lowest BCUT2D eigenvalue weighted by Crippen LogP contribution is -2.59. The Balaban J connectivity index is 1.55. The van der Waals surface area contributed by atoms with Crippen LogP contribution in [0.3, 0.4) is 0 Å². The topological polar surface area (TPSA) is 50.8 Å². The number of anilines is 1. The van der Waals surface area contributed by atoms with Crippen molar-refractivity contribution in [1.82, 2.24) is 5.32 Å². The maximum atomic E-state index is 14.0. The van der Waals surface area contributed by atoms with Crippen LogP contribution in [0.4, 0.5) is 10.1 Å². The van der Waals surface area contributed by atoms with Crippen LogP contribution in [0.25, 0.3) is 0 Å². The summed E-state index contributed by atoms with van der Waals surface area (Å²) in [5.74, 6) is -0.176. The molecule has 2 heterocycles. The number of rotatable bonds is 5. The molecule has 132 valence electrons. The molecular formula is C18H25FN2O3. The Labute approximate surface area is 142 Å². The number of ether oxygens (including phenoxy) is 2. The molecule has 0 atom stereocenters. The fourth-order valence-electron chi connectivity index (χ4n) is 3.37. The van der Waals surface area contributed by atoms with Crippen LogP contribution in [-0.2, 0) is 14.3 Å². The van der Waals surface area contributed by atoms with E-state index in [1.165, 1.54) is 6.07 Å². The normalized spacial score (nSPS) is 20.5. The van der Waals surface area contributed by atoms with Gasteiger partial charge in [-0.2, -0.15) is 0 Å². The molecule has 6 heteroatoms. The third-order valence-corrected chi connectivity index (χ3v) is 4.93. The monoisotopic (exact) mass is 336 g/mol. The Morgan fingerprint density at radius 2 is 2.12 bits per heavy atom. The standard InChI is InChI=1S/C18H25FN2O3/c1-13-3-4-15(19)16(9-13)21-7-5-14(6-8-21)20-17(22)18(10-23-2)11-24-12-18/h3-4,9,14H,5-8,10-12H2,1-2H3,(H,20,22). The van der Waals surface area contributed by atoms with Gasteiger partial charge in [0, 0.05) is 26.2 Å². The first-order valence-corrected chi connectivity index (χ1v) is 8.43. The van der Waals surface area contributed by atoms with E-state index < -0.39 is 5.41 Å². The molecule has 2 aliphatic rings. The Kier molecular flexibility index (Phi) is 5.06. The number of halogens is 1. The summed E-state index contributed by atoms with van der Waals surface area (Å²) in [7, 11) is 1.60. The lowest BCUT2D eigenvalue weighted by molar-refractivity contribution is -0.173. The van der Waals surface area contributed by atoms with Crippen molar-refractivity contribution in [3.63, 3.8) is 0 Å². The molecular weight excluding hydrogens is 311 g/mol. The SMILES string of the molecule is COCC1(C(=O)NC2CCN(c3cc(C)ccc3F)CC2)COC1. The molecule has 2 fully saturated rings. The smallest absolute Gasteiger partial charge is 0.233 e. The van der Waals surface area contributed by atoms with E-state index in [0.717, 1.165) is 31.5 Å². The summed E-state index contributed by atoms with van der Waals surface area (Å²) in [6.45, 7) is 4.65. The molecule has 5 nitrogen and oxygen atoms in total. The van der Waals surface area contributed by atoms with Gasteiger partial charge in [0.15, 0.2) is 0 Å². The molecule has 0 saturated carbocycles. The predicted octanol–water partition coefficient (Wildman–Crippen LogP) is 1.88. The fourth-order valence-corrected chi connectivity index (χ4v) is 3.37. The summed E-state index contributed by atoms with van der Waals surface area (Å²) in [6.07, 6.45) is 1.62. The second-order valence-electron chi connectivity index (χ2n) is 6.90. The molecule has 24 heavy (non-hydrogen) atoms. The van der Waals surface area contributed by atoms with Crippen LogP contribution >= 0.6 is 0 Å². The summed E-state index contributed by atoms with van der Waals surface area (Å²) in [4.78, 5) is 14.6. The van der Waals surface area contributed by atoms with Gasteiger partial charge in [-0.3, -0.25) is 4.79 Å². The van der Waals surface area contributed by atoms with Crippen molar-refractivity contribution in [1.29, 1.82) is 0 Å². The number of carbonyl (C=O) groups excluding carboxylic acids is 1. The highest BCUT2D eigenvalue weighted by Gasteiger charge is 2.46. The molecule has 0 unspecified atom stereocenters. The van der Waals surface area contributed by atoms with E-state index in [9.17, 15) is 9.18 Å². The summed E-state index contributed by atoms with van der Waals surface area (Å²) >= 11 is 0. The molecule has 1 N–H and O–H groups in total. The van der Waals surface area contributed by atoms with Crippen molar-refractivity contribution in [2.24, 2.45) is 5.41 Å². The average Bonchev–Trinajstić information content (AvgIpc) is 2.54. The number of nitrogens with zero attached hydrogens (tertiary/aromatic N) is 1. The molecule has 1 amide bonds. The molecule has 3 rings (SSSR count). The molecule has 2 saturated heterocycles. The summed E-state index contributed by atoms with van der Waals surface area (Å²) in [5.41, 5.74) is 1.17. The number of nitrogens with one attached hydrogen (secondary N) is 1. The van der Waals surface area contributed by atoms with Crippen molar-refractivity contribution >= 4 is 11.6 Å². The maximum absolute atomic E-state index is 14.0. The van der Waals surface area contributed by atoms with Crippen molar-refractivity contribution in [3.8, 4) is 0 Å². The van der Waals surface area contributed by atoms with Crippen LogP contribution in [0.5, 0.6) is 0 Å². The number of hydrogen-bond acceptors (Lipinski definition) is 4. The second kappa shape index (κ2) is 7.07. The van der Waals surface area contributed by atoms with Gasteiger partial charge in [0.05, 0.1) is 25.5 Å². The third kappa shape index (κ3) is 3.39. The number of benzene rings is 1. The van der Waals surface area contributed by atoms with Gasteiger partial charge >= 0.3 is 0 Å². The third-order valence-electron chi connectivity index (χ3n) is 4.93. The van der Waals surface area contributed by atoms with Crippen molar-refractivity contribution in [2.75, 3.05) is 44.9 Å². The summed E-state index contributed by atoms with van der Waals surface area (Å²) in [6, 6.07) is 5.30. The maximum Gasteiger partial charge on any atom is 0.233 e. The van der Waals surface area contributed by atoms with Gasteiger partial charge < -0.3 is 19.7 Å². The van der Waals surface area contributed by atoms with Crippen LogP contribution in [0.2, 0.25) is 0 Å². The number of piperidine rings is 1. The first-order chi connectivity index (χ1) is 11.5. The zero-order valence-corrected chi connectivity index (χ0v) is 14.3. The molecule has 0 bridgehead atoms. The zero-order chi connectivity index (χ0) is 17.2. The van der Waals surface area contributed by atoms with Gasteiger partial charge in [-0.15, -0.1) is 0 Å². The Hall–Kier alpha value is -1.66. The summed E-state index contributed by atoms with van der Waals surface area (Å²) < 4.78 is 24.4. The van der Waals surface area contributed by atoms with Crippen LogP contribution in [0.1, 0.15) is 18.4 Å². The highest BCUT2D eigenvalue weighted by Crippen LogP contribution is 2.29. The largest absolute Gasteiger partial charge is 0.383 e. The van der Waals surface area contributed by atoms with E-state index in [1.807, 2.05) is 13.0 Å². The summed E-state index contributed by atoms with van der Waals surface area (Å²) in [5, 5.41) is 3.13. The molecule has 1 aromatic rings. The van der Waals surface area contributed by atoms with Gasteiger partial charge in [-0.25, -0.2) is 4.39 Å². The highest BCUT2D eigenvalue weighted by atomic mass is 19.1. The van der Waals surface area contributed by atoms with Gasteiger partial charge in [0.2, 0.25) is 5.91 Å². The van der Waals surface area contributed by atoms with E-state index in [-0.39, 0.29) is 17.8 Å². The van der Waals surface area contributed by atoms with E-state index >= 15 is 0 Å². The van der Waals surface area contributed by atoms with Gasteiger partial charge in [0.1, 0.15) is 11.2 Å². The molecule has 0 spiro atoms. The highest BCUT2D eigenvalue weighted by molar-refractivity contribution is 5.84. The van der Waals surface area contributed by atoms with Gasteiger partial charge in [0.25, 0.3) is 0 Å². The number of amides is 1. The minimum absolute atomic E-state index is 0.00999. The number of aryl methyl sites for hydroxylation is 1. The van der Waals surface area contributed by atoms with E-state index in [2.05, 4.69) is 10.2 Å². The fraction of sp³-hybridized carbons (Fsp3) is 0.611. The van der Waals surface area contributed by atoms with Gasteiger partial charge in [-0.05, 0) is 37.5 Å².